The van der Waals surface area contributed by atoms with Crippen LogP contribution in [0.1, 0.15) is 88.1 Å². The molecule has 0 radical (unpaired) electrons. The molecule has 7 aromatic carbocycles. The van der Waals surface area contributed by atoms with Gasteiger partial charge in [0, 0.05) is 48.3 Å². The molecule has 96 heavy (non-hydrogen) atoms. The number of esters is 1. The Morgan fingerprint density at radius 1 is 0.583 bits per heavy atom. The van der Waals surface area contributed by atoms with Crippen molar-refractivity contribution in [3.63, 3.8) is 0 Å². The molecule has 0 saturated heterocycles. The van der Waals surface area contributed by atoms with E-state index < -0.39 is 119 Å². The lowest BCUT2D eigenvalue weighted by Gasteiger charge is -2.31. The SMILES string of the molecule is COC(=O)[C@@H]1NC(=O)[C@H]2NC(=O)[C@H](NC(=O)[C@@H]3NC(=O)[C@H]4NC(=O)[C@@H](Cc5ccc(c(Cl)c5)Oc5cc3cc(c5OCCCCNCCN(C)C)Oc3ccc(cc3Cl)[C@H]2O)NC(=O)[C@@H](N)c2ccc(O)c(c2)Oc2cc(O)cc4c2)c2ccc(O)c(c2)-c2c(O)cc(O)cc21. The molecule has 17 bridgehead atoms. The fraction of sp³-hybridized carbons (Fsp3) is 0.269. The summed E-state index contributed by atoms with van der Waals surface area (Å²) in [5.74, 6) is -12.2. The number of aromatic hydroxyl groups is 5. The van der Waals surface area contributed by atoms with Crippen LogP contribution in [0.5, 0.6) is 69.0 Å². The van der Waals surface area contributed by atoms with Crippen LogP contribution in [0.3, 0.4) is 0 Å². The summed E-state index contributed by atoms with van der Waals surface area (Å²) in [6.07, 6.45) is -1.31. The molecule has 7 aromatic rings. The maximum atomic E-state index is 16.1. The van der Waals surface area contributed by atoms with Crippen molar-refractivity contribution < 1.29 is 87.9 Å². The molecule has 8 atom stereocenters. The molecule has 6 heterocycles. The summed E-state index contributed by atoms with van der Waals surface area (Å²) in [5, 5.41) is 87.7. The van der Waals surface area contributed by atoms with E-state index >= 15 is 19.2 Å². The number of hydrogen-bond acceptors (Lipinski definition) is 21. The van der Waals surface area contributed by atoms with Crippen molar-refractivity contribution in [1.29, 1.82) is 0 Å². The van der Waals surface area contributed by atoms with Gasteiger partial charge in [0.2, 0.25) is 41.2 Å². The van der Waals surface area contributed by atoms with E-state index in [0.29, 0.717) is 31.5 Å². The van der Waals surface area contributed by atoms with E-state index in [9.17, 15) is 45.0 Å². The van der Waals surface area contributed by atoms with Crippen LogP contribution in [-0.2, 0) is 44.7 Å². The highest BCUT2D eigenvalue weighted by molar-refractivity contribution is 6.32. The normalized spacial score (nSPS) is 20.9. The molecule has 6 amide bonds. The number of phenols is 5. The van der Waals surface area contributed by atoms with E-state index in [1.54, 1.807) is 6.07 Å². The monoisotopic (exact) mass is 1350 g/mol. The minimum Gasteiger partial charge on any atom is -0.508 e. The Morgan fingerprint density at radius 2 is 1.20 bits per heavy atom. The minimum atomic E-state index is -2.13. The van der Waals surface area contributed by atoms with Crippen LogP contribution in [0.2, 0.25) is 10.0 Å². The Kier molecular flexibility index (Phi) is 19.6. The van der Waals surface area contributed by atoms with Gasteiger partial charge >= 0.3 is 5.97 Å². The van der Waals surface area contributed by atoms with Gasteiger partial charge in [-0.3, -0.25) is 28.8 Å². The lowest BCUT2D eigenvalue weighted by Crippen LogP contribution is -2.55. The van der Waals surface area contributed by atoms with Gasteiger partial charge in [-0.15, -0.1) is 0 Å². The Bertz CT molecular complexity index is 4270. The number of benzene rings is 7. The second kappa shape index (κ2) is 28.2. The van der Waals surface area contributed by atoms with Crippen LogP contribution in [0.25, 0.3) is 11.1 Å². The third kappa shape index (κ3) is 14.4. The van der Waals surface area contributed by atoms with Crippen molar-refractivity contribution in [3.8, 4) is 80.1 Å². The molecule has 6 aliphatic rings. The van der Waals surface area contributed by atoms with Crippen LogP contribution in [0.4, 0.5) is 0 Å². The standard InChI is InChI=1S/C67H65Cl2N9O18/c1-78(2)16-15-71-14-4-5-17-93-60-50-25-35-26-51(60)96-48-13-9-33(23-42(48)69)59(84)58-66(90)76-57(67(91)92-3)40-28-37(80)29-46(83)52(40)39-22-32(8-10-44(39)81)54(63(87)77-58)74-65(89)56(35)75-64(88)55-34-20-36(79)27-38(21-34)94-49-24-31(7-11-45(49)82)53(70)62(86)72-43(61(85)73-55)19-30-6-12-47(95-50)41(68)18-30/h6-13,18,20-29,43,53-59,71,79-84H,4-5,14-17,19,70H2,1-3H3,(H,72,86)(H,73,85)(H,74,89)(H,75,88)(H,76,90)(H,77,87)/t43-,53+,54-,55+,56-,57-,58+,59-/m1/s1. The number of hydrogen-bond donors (Lipinski definition) is 14. The zero-order valence-electron chi connectivity index (χ0n) is 51.4. The molecule has 0 fully saturated rings. The van der Waals surface area contributed by atoms with Gasteiger partial charge in [0.25, 0.3) is 0 Å². The van der Waals surface area contributed by atoms with Crippen molar-refractivity contribution in [1.82, 2.24) is 42.1 Å². The van der Waals surface area contributed by atoms with Crippen LogP contribution >= 0.6 is 23.2 Å². The summed E-state index contributed by atoms with van der Waals surface area (Å²) < 4.78 is 31.1. The number of likely N-dealkylation sites (N-methyl/N-ethyl adjacent to an activating group) is 1. The molecule has 0 spiro atoms. The van der Waals surface area contributed by atoms with Crippen molar-refractivity contribution >= 4 is 64.6 Å². The number of aliphatic hydroxyl groups excluding tert-OH is 1. The van der Waals surface area contributed by atoms with Crippen molar-refractivity contribution in [2.24, 2.45) is 5.73 Å². The Balaban J connectivity index is 1.14. The van der Waals surface area contributed by atoms with Gasteiger partial charge in [-0.1, -0.05) is 47.5 Å². The Morgan fingerprint density at radius 3 is 1.89 bits per heavy atom. The number of phenolic OH excluding ortho intramolecular Hbond substituents is 5. The molecule has 6 aliphatic heterocycles. The average molecular weight is 1360 g/mol. The second-order valence-electron chi connectivity index (χ2n) is 23.4. The number of aliphatic hydroxyl groups is 1. The number of methoxy groups -OCH3 is 1. The number of unbranched alkanes of at least 4 members (excludes halogenated alkanes) is 1. The molecule has 13 rings (SSSR count). The number of halogens is 2. The number of nitrogens with zero attached hydrogens (tertiary/aromatic N) is 1. The van der Waals surface area contributed by atoms with Crippen LogP contribution in [0, 0.1) is 0 Å². The zero-order valence-corrected chi connectivity index (χ0v) is 52.9. The van der Waals surface area contributed by atoms with E-state index in [2.05, 4.69) is 37.2 Å². The number of nitrogens with one attached hydrogen (secondary N) is 7. The lowest BCUT2D eigenvalue weighted by molar-refractivity contribution is -0.146. The third-order valence-corrected chi connectivity index (χ3v) is 16.9. The van der Waals surface area contributed by atoms with Gasteiger partial charge in [0.15, 0.2) is 29.0 Å². The largest absolute Gasteiger partial charge is 0.508 e. The molecule has 0 unspecified atom stereocenters. The van der Waals surface area contributed by atoms with Gasteiger partial charge in [0.05, 0.1) is 23.8 Å². The lowest BCUT2D eigenvalue weighted by atomic mass is 9.89. The van der Waals surface area contributed by atoms with E-state index in [1.165, 1.54) is 72.8 Å². The van der Waals surface area contributed by atoms with Crippen LogP contribution in [0.15, 0.2) is 115 Å². The molecule has 0 saturated carbocycles. The maximum Gasteiger partial charge on any atom is 0.333 e. The number of nitrogens with two attached hydrogens (primary N) is 1. The van der Waals surface area contributed by atoms with Crippen LogP contribution < -0.4 is 61.9 Å². The first kappa shape index (κ1) is 66.9. The Hall–Kier alpha value is -10.6. The van der Waals surface area contributed by atoms with E-state index in [-0.39, 0.29) is 108 Å². The van der Waals surface area contributed by atoms with Crippen LogP contribution in [-0.4, -0.2) is 136 Å². The van der Waals surface area contributed by atoms with Crippen molar-refractivity contribution in [2.45, 2.75) is 67.7 Å². The molecule has 27 nitrogen and oxygen atoms in total. The summed E-state index contributed by atoms with van der Waals surface area (Å²) in [5.41, 5.74) is 5.17. The van der Waals surface area contributed by atoms with Gasteiger partial charge < -0.3 is 102 Å². The third-order valence-electron chi connectivity index (χ3n) is 16.3. The number of rotatable bonds is 10. The first-order valence-electron chi connectivity index (χ1n) is 30.1. The van der Waals surface area contributed by atoms with Gasteiger partial charge in [-0.25, -0.2) is 4.79 Å². The molecule has 15 N–H and O–H groups in total. The number of carbonyl (C=O) groups is 7. The molecule has 500 valence electrons. The summed E-state index contributed by atoms with van der Waals surface area (Å²) in [7, 11) is 4.89. The molecule has 0 aliphatic carbocycles. The van der Waals surface area contributed by atoms with E-state index in [1.807, 2.05) is 19.0 Å². The van der Waals surface area contributed by atoms with Crippen molar-refractivity contribution in [2.75, 3.05) is 47.4 Å². The highest BCUT2D eigenvalue weighted by atomic mass is 35.5. The number of carbonyl (C=O) groups excluding carboxylic acids is 7. The fourth-order valence-electron chi connectivity index (χ4n) is 11.4. The summed E-state index contributed by atoms with van der Waals surface area (Å²) in [6, 6.07) is 10.2. The Labute approximate surface area is 557 Å². The average Bonchev–Trinajstić information content (AvgIpc) is 0.771. The van der Waals surface area contributed by atoms with Crippen molar-refractivity contribution in [3.05, 3.63) is 164 Å². The molecule has 29 heteroatoms. The summed E-state index contributed by atoms with van der Waals surface area (Å²) in [6.45, 7) is 2.13. The van der Waals surface area contributed by atoms with E-state index in [4.69, 9.17) is 52.6 Å². The highest BCUT2D eigenvalue weighted by Gasteiger charge is 2.42. The fourth-order valence-corrected chi connectivity index (χ4v) is 11.9. The number of fused-ring (bicyclic) bond motifs is 14. The predicted molar refractivity (Wildman–Crippen MR) is 344 cm³/mol. The minimum absolute atomic E-state index is 0.0148. The smallest absolute Gasteiger partial charge is 0.333 e. The summed E-state index contributed by atoms with van der Waals surface area (Å²) in [4.78, 5) is 108. The molecule has 0 aromatic heterocycles. The summed E-state index contributed by atoms with van der Waals surface area (Å²) >= 11 is 14.2. The molecular weight excluding hydrogens is 1290 g/mol. The first-order chi connectivity index (χ1) is 45.9. The number of ether oxygens (including phenoxy) is 5. The number of amides is 6. The predicted octanol–water partition coefficient (Wildman–Crippen LogP) is 5.68. The first-order valence-corrected chi connectivity index (χ1v) is 30.8. The van der Waals surface area contributed by atoms with Gasteiger partial charge in [-0.05, 0) is 146 Å². The maximum absolute atomic E-state index is 16.1. The topological polar surface area (TPSA) is 400 Å². The van der Waals surface area contributed by atoms with Gasteiger partial charge in [0.1, 0.15) is 82.6 Å². The quantitative estimate of drug-likeness (QED) is 0.0578. The molecular formula is C67H65Cl2N9O18. The van der Waals surface area contributed by atoms with E-state index in [0.717, 1.165) is 50.1 Å². The van der Waals surface area contributed by atoms with Gasteiger partial charge in [-0.2, -0.15) is 0 Å². The second-order valence-corrected chi connectivity index (χ2v) is 24.2. The highest BCUT2D eigenvalue weighted by Crippen LogP contribution is 2.49. The zero-order chi connectivity index (χ0) is 68.4.